The Hall–Kier alpha value is 0.390. The van der Waals surface area contributed by atoms with Crippen LogP contribution in [0, 0.1) is 11.8 Å². The predicted molar refractivity (Wildman–Crippen MR) is 75.9 cm³/mol. The Morgan fingerprint density at radius 1 is 1.56 bits per heavy atom. The minimum absolute atomic E-state index is 0.265. The van der Waals surface area contributed by atoms with Gasteiger partial charge in [0.1, 0.15) is 0 Å². The van der Waals surface area contributed by atoms with Crippen molar-refractivity contribution in [1.29, 1.82) is 0 Å². The fourth-order valence-corrected chi connectivity index (χ4v) is 2.37. The fourth-order valence-electron chi connectivity index (χ4n) is 2.12. The number of halogens is 1. The zero-order valence-electron chi connectivity index (χ0n) is 10.9. The Bertz CT molecular complexity index is 261. The van der Waals surface area contributed by atoms with E-state index in [-0.39, 0.29) is 6.10 Å². The van der Waals surface area contributed by atoms with Gasteiger partial charge >= 0.3 is 0 Å². The van der Waals surface area contributed by atoms with Gasteiger partial charge in [0.05, 0.1) is 12.7 Å². The molecule has 1 rings (SSSR count). The standard InChI is InChI=1S/C13H23IO2/c1-9(7-14)6-10(2)12-11(3)8-15-13(4,5)16-12/h6,10-12H,7-8H2,1-5H3/b9-6-/t10-,11-,12+/m1/s1. The molecular weight excluding hydrogens is 315 g/mol. The van der Waals surface area contributed by atoms with Crippen molar-refractivity contribution >= 4 is 22.6 Å². The Balaban J connectivity index is 2.69. The van der Waals surface area contributed by atoms with Crippen LogP contribution in [-0.4, -0.2) is 22.9 Å². The lowest BCUT2D eigenvalue weighted by molar-refractivity contribution is -0.296. The summed E-state index contributed by atoms with van der Waals surface area (Å²) in [7, 11) is 0. The van der Waals surface area contributed by atoms with Crippen molar-refractivity contribution in [1.82, 2.24) is 0 Å². The van der Waals surface area contributed by atoms with E-state index in [1.807, 2.05) is 13.8 Å². The van der Waals surface area contributed by atoms with E-state index >= 15 is 0 Å². The summed E-state index contributed by atoms with van der Waals surface area (Å²) >= 11 is 2.40. The molecule has 0 spiro atoms. The van der Waals surface area contributed by atoms with Crippen LogP contribution >= 0.6 is 22.6 Å². The van der Waals surface area contributed by atoms with Crippen molar-refractivity contribution < 1.29 is 9.47 Å². The summed E-state index contributed by atoms with van der Waals surface area (Å²) < 4.78 is 12.8. The van der Waals surface area contributed by atoms with E-state index in [4.69, 9.17) is 9.47 Å². The third-order valence-corrected chi connectivity index (χ3v) is 4.15. The molecule has 0 N–H and O–H groups in total. The lowest BCUT2D eigenvalue weighted by Crippen LogP contribution is -2.47. The molecule has 0 amide bonds. The molecule has 0 aliphatic carbocycles. The van der Waals surface area contributed by atoms with Crippen LogP contribution in [0.5, 0.6) is 0 Å². The summed E-state index contributed by atoms with van der Waals surface area (Å²) in [4.78, 5) is 0. The molecule has 94 valence electrons. The average Bonchev–Trinajstić information content (AvgIpc) is 2.21. The zero-order chi connectivity index (χ0) is 12.3. The van der Waals surface area contributed by atoms with Gasteiger partial charge in [0.2, 0.25) is 0 Å². The van der Waals surface area contributed by atoms with Gasteiger partial charge in [0, 0.05) is 16.3 Å². The van der Waals surface area contributed by atoms with Gasteiger partial charge in [-0.2, -0.15) is 0 Å². The Morgan fingerprint density at radius 2 is 2.19 bits per heavy atom. The molecule has 1 saturated heterocycles. The molecule has 1 fully saturated rings. The van der Waals surface area contributed by atoms with Gasteiger partial charge in [-0.3, -0.25) is 0 Å². The van der Waals surface area contributed by atoms with Crippen LogP contribution in [0.2, 0.25) is 0 Å². The molecule has 1 heterocycles. The van der Waals surface area contributed by atoms with Gasteiger partial charge < -0.3 is 9.47 Å². The maximum absolute atomic E-state index is 6.02. The Labute approximate surface area is 113 Å². The molecule has 1 aliphatic rings. The second-order valence-electron chi connectivity index (χ2n) is 5.28. The van der Waals surface area contributed by atoms with Gasteiger partial charge in [-0.15, -0.1) is 0 Å². The molecule has 0 aromatic carbocycles. The van der Waals surface area contributed by atoms with Gasteiger partial charge in [-0.1, -0.05) is 48.1 Å². The second-order valence-corrected chi connectivity index (χ2v) is 6.04. The SMILES string of the molecule is C/C(=C/[C@@H](C)[C@@H]1OC(C)(C)OC[C@H]1C)CI. The highest BCUT2D eigenvalue weighted by atomic mass is 127. The molecule has 3 heteroatoms. The van der Waals surface area contributed by atoms with Crippen LogP contribution in [0.4, 0.5) is 0 Å². The molecule has 0 saturated carbocycles. The summed E-state index contributed by atoms with van der Waals surface area (Å²) in [6.45, 7) is 11.4. The van der Waals surface area contributed by atoms with E-state index in [2.05, 4.69) is 49.4 Å². The van der Waals surface area contributed by atoms with E-state index in [1.165, 1.54) is 5.57 Å². The first-order valence-electron chi connectivity index (χ1n) is 5.91. The highest BCUT2D eigenvalue weighted by Gasteiger charge is 2.36. The Morgan fingerprint density at radius 3 is 2.75 bits per heavy atom. The highest BCUT2D eigenvalue weighted by Crippen LogP contribution is 2.31. The van der Waals surface area contributed by atoms with Gasteiger partial charge in [0.25, 0.3) is 0 Å². The minimum Gasteiger partial charge on any atom is -0.350 e. The van der Waals surface area contributed by atoms with Crippen LogP contribution in [0.3, 0.4) is 0 Å². The monoisotopic (exact) mass is 338 g/mol. The molecule has 0 aromatic heterocycles. The first kappa shape index (κ1) is 14.5. The average molecular weight is 338 g/mol. The van der Waals surface area contributed by atoms with Gasteiger partial charge in [-0.25, -0.2) is 0 Å². The number of hydrogen-bond acceptors (Lipinski definition) is 2. The summed E-state index contributed by atoms with van der Waals surface area (Å²) in [5.41, 5.74) is 1.42. The van der Waals surface area contributed by atoms with E-state index in [1.54, 1.807) is 0 Å². The number of hydrogen-bond donors (Lipinski definition) is 0. The zero-order valence-corrected chi connectivity index (χ0v) is 13.1. The van der Waals surface area contributed by atoms with E-state index < -0.39 is 5.79 Å². The predicted octanol–water partition coefficient (Wildman–Crippen LogP) is 3.79. The van der Waals surface area contributed by atoms with Gasteiger partial charge in [-0.05, 0) is 20.8 Å². The maximum atomic E-state index is 6.02. The summed E-state index contributed by atoms with van der Waals surface area (Å²) in [6.07, 6.45) is 2.59. The largest absolute Gasteiger partial charge is 0.350 e. The molecule has 3 atom stereocenters. The van der Waals surface area contributed by atoms with Crippen LogP contribution in [0.1, 0.15) is 34.6 Å². The lowest BCUT2D eigenvalue weighted by atomic mass is 9.91. The molecule has 0 bridgehead atoms. The maximum Gasteiger partial charge on any atom is 0.163 e. The Kier molecular flexibility index (Phi) is 5.26. The first-order chi connectivity index (χ1) is 7.35. The molecular formula is C13H23IO2. The van der Waals surface area contributed by atoms with E-state index in [0.29, 0.717) is 11.8 Å². The molecule has 0 aromatic rings. The number of alkyl halides is 1. The number of ether oxygens (including phenoxy) is 2. The summed E-state index contributed by atoms with van der Waals surface area (Å²) in [6, 6.07) is 0. The van der Waals surface area contributed by atoms with Crippen molar-refractivity contribution in [2.45, 2.75) is 46.5 Å². The molecule has 1 aliphatic heterocycles. The first-order valence-corrected chi connectivity index (χ1v) is 7.43. The molecule has 2 nitrogen and oxygen atoms in total. The van der Waals surface area contributed by atoms with Crippen molar-refractivity contribution in [2.24, 2.45) is 11.8 Å². The van der Waals surface area contributed by atoms with Crippen molar-refractivity contribution in [2.75, 3.05) is 11.0 Å². The smallest absolute Gasteiger partial charge is 0.163 e. The lowest BCUT2D eigenvalue weighted by Gasteiger charge is -2.42. The molecule has 0 radical (unpaired) electrons. The molecule has 16 heavy (non-hydrogen) atoms. The third kappa shape index (κ3) is 4.00. The van der Waals surface area contributed by atoms with E-state index in [0.717, 1.165) is 11.0 Å². The van der Waals surface area contributed by atoms with Crippen LogP contribution in [0.25, 0.3) is 0 Å². The van der Waals surface area contributed by atoms with Crippen LogP contribution in [0.15, 0.2) is 11.6 Å². The van der Waals surface area contributed by atoms with E-state index in [9.17, 15) is 0 Å². The summed E-state index contributed by atoms with van der Waals surface area (Å²) in [5.74, 6) is 0.478. The highest BCUT2D eigenvalue weighted by molar-refractivity contribution is 14.1. The van der Waals surface area contributed by atoms with Gasteiger partial charge in [0.15, 0.2) is 5.79 Å². The van der Waals surface area contributed by atoms with Crippen LogP contribution < -0.4 is 0 Å². The van der Waals surface area contributed by atoms with Crippen molar-refractivity contribution in [3.63, 3.8) is 0 Å². The molecule has 0 unspecified atom stereocenters. The van der Waals surface area contributed by atoms with Crippen molar-refractivity contribution in [3.05, 3.63) is 11.6 Å². The third-order valence-electron chi connectivity index (χ3n) is 2.95. The van der Waals surface area contributed by atoms with Crippen molar-refractivity contribution in [3.8, 4) is 0 Å². The topological polar surface area (TPSA) is 18.5 Å². The summed E-state index contributed by atoms with van der Waals surface area (Å²) in [5, 5.41) is 0. The number of rotatable bonds is 3. The number of allylic oxidation sites excluding steroid dienone is 1. The quantitative estimate of drug-likeness (QED) is 0.443. The second kappa shape index (κ2) is 5.83. The normalized spacial score (nSPS) is 32.5. The minimum atomic E-state index is -0.433. The van der Waals surface area contributed by atoms with Crippen LogP contribution in [-0.2, 0) is 9.47 Å². The fraction of sp³-hybridized carbons (Fsp3) is 0.846.